The number of ether oxygens (including phenoxy) is 3. The number of amides is 3. The van der Waals surface area contributed by atoms with Gasteiger partial charge >= 0.3 is 12.1 Å². The Kier molecular flexibility index (Phi) is 12.8. The van der Waals surface area contributed by atoms with E-state index in [0.29, 0.717) is 42.6 Å². The van der Waals surface area contributed by atoms with Gasteiger partial charge in [0.05, 0.1) is 30.3 Å². The predicted octanol–water partition coefficient (Wildman–Crippen LogP) is 8.07. The van der Waals surface area contributed by atoms with E-state index in [4.69, 9.17) is 14.2 Å². The molecule has 3 amide bonds. The molecule has 12 nitrogen and oxygen atoms in total. The molecule has 3 saturated heterocycles. The number of rotatable bonds is 7. The van der Waals surface area contributed by atoms with Crippen molar-refractivity contribution in [3.63, 3.8) is 0 Å². The average Bonchev–Trinajstić information content (AvgIpc) is 3.64. The van der Waals surface area contributed by atoms with Crippen molar-refractivity contribution >= 4 is 29.6 Å². The van der Waals surface area contributed by atoms with Gasteiger partial charge in [-0.1, -0.05) is 117 Å². The van der Waals surface area contributed by atoms with Crippen LogP contribution in [-0.4, -0.2) is 88.9 Å². The van der Waals surface area contributed by atoms with Crippen LogP contribution in [0.3, 0.4) is 0 Å². The van der Waals surface area contributed by atoms with E-state index in [9.17, 15) is 15.0 Å². The van der Waals surface area contributed by atoms with Crippen molar-refractivity contribution in [3.8, 4) is 17.6 Å². The second kappa shape index (κ2) is 18.8. The summed E-state index contributed by atoms with van der Waals surface area (Å²) in [5, 5.41) is 22.4. The summed E-state index contributed by atoms with van der Waals surface area (Å²) in [5.41, 5.74) is -0.114. The highest BCUT2D eigenvalue weighted by Crippen LogP contribution is 2.66. The van der Waals surface area contributed by atoms with Crippen molar-refractivity contribution < 1.29 is 43.6 Å². The molecule has 0 radical (unpaired) electrons. The summed E-state index contributed by atoms with van der Waals surface area (Å²) in [4.78, 5) is 67.2. The second-order valence-electron chi connectivity index (χ2n) is 18.1. The van der Waals surface area contributed by atoms with Gasteiger partial charge in [0.25, 0.3) is 0 Å². The lowest BCUT2D eigenvalue weighted by Crippen LogP contribution is -2.56. The smallest absolute Gasteiger partial charge is 0.421 e. The van der Waals surface area contributed by atoms with Crippen molar-refractivity contribution in [1.82, 2.24) is 9.80 Å². The Labute approximate surface area is 380 Å². The minimum Gasteiger partial charge on any atom is -0.508 e. The molecule has 2 N–H and O–H groups in total. The van der Waals surface area contributed by atoms with Crippen LogP contribution in [0.1, 0.15) is 117 Å². The van der Waals surface area contributed by atoms with Gasteiger partial charge < -0.3 is 29.3 Å². The van der Waals surface area contributed by atoms with Crippen LogP contribution in [0.5, 0.6) is 5.75 Å². The predicted molar refractivity (Wildman–Crippen MR) is 242 cm³/mol. The molecule has 6 unspecified atom stereocenters. The number of hydrogen-bond acceptors (Lipinski definition) is 10. The van der Waals surface area contributed by atoms with Gasteiger partial charge in [-0.15, -0.1) is 0 Å². The van der Waals surface area contributed by atoms with Crippen molar-refractivity contribution in [2.75, 3.05) is 38.3 Å². The Morgan fingerprint density at radius 2 is 1.38 bits per heavy atom. The highest BCUT2D eigenvalue weighted by Gasteiger charge is 2.76. The fraction of sp³-hybridized carbons (Fsp3) is 0.434. The third kappa shape index (κ3) is 8.19. The van der Waals surface area contributed by atoms with Crippen LogP contribution < -0.4 is 4.90 Å². The number of fused-ring (bicyclic) bond motifs is 3. The fourth-order valence-corrected chi connectivity index (χ4v) is 11.2. The summed E-state index contributed by atoms with van der Waals surface area (Å²) < 4.78 is 17.5. The van der Waals surface area contributed by atoms with Crippen LogP contribution in [0.15, 0.2) is 103 Å². The zero-order valence-electron chi connectivity index (χ0n) is 36.9. The van der Waals surface area contributed by atoms with Gasteiger partial charge in [0, 0.05) is 25.8 Å². The fourth-order valence-electron chi connectivity index (χ4n) is 11.2. The molecular weight excluding hydrogens is 823 g/mol. The number of anilines is 1. The lowest BCUT2D eigenvalue weighted by atomic mass is 9.64. The van der Waals surface area contributed by atoms with Gasteiger partial charge in [-0.2, -0.15) is 0 Å². The van der Waals surface area contributed by atoms with E-state index in [1.807, 2.05) is 65.6 Å². The molecule has 4 aromatic rings. The van der Waals surface area contributed by atoms with E-state index in [1.54, 1.807) is 35.2 Å². The first-order valence-corrected chi connectivity index (χ1v) is 23.2. The summed E-state index contributed by atoms with van der Waals surface area (Å²) in [7, 11) is 1.48. The number of hydrogen-bond donors (Lipinski definition) is 2. The highest BCUT2D eigenvalue weighted by atomic mass is 16.6. The molecule has 12 heteroatoms. The number of cyclic esters (lactones) is 1. The van der Waals surface area contributed by atoms with Crippen LogP contribution in [0.4, 0.5) is 10.5 Å². The summed E-state index contributed by atoms with van der Waals surface area (Å²) in [5.74, 6) is 3.22. The third-order valence-electron chi connectivity index (χ3n) is 14.2. The normalized spacial score (nSPS) is 26.5. The van der Waals surface area contributed by atoms with E-state index in [2.05, 4.69) is 11.8 Å². The largest absolute Gasteiger partial charge is 0.508 e. The quantitative estimate of drug-likeness (QED) is 0.0809. The number of likely N-dealkylation sites (tertiary alicyclic amines) is 1. The van der Waals surface area contributed by atoms with Gasteiger partial charge in [-0.25, -0.2) is 9.69 Å². The zero-order valence-corrected chi connectivity index (χ0v) is 36.9. The number of phenols is 1. The Morgan fingerprint density at radius 1 is 0.754 bits per heavy atom. The number of nitrogens with zero attached hydrogens (tertiary/aromatic N) is 3. The second-order valence-corrected chi connectivity index (χ2v) is 18.1. The van der Waals surface area contributed by atoms with E-state index in [0.717, 1.165) is 73.8 Å². The molecule has 5 aliphatic rings. The van der Waals surface area contributed by atoms with Crippen molar-refractivity contribution in [2.24, 2.45) is 5.92 Å². The Morgan fingerprint density at radius 3 is 2.05 bits per heavy atom. The molecule has 65 heavy (non-hydrogen) atoms. The summed E-state index contributed by atoms with van der Waals surface area (Å²) >= 11 is 0. The molecule has 1 spiro atoms. The molecule has 0 bridgehead atoms. The molecule has 6 atom stereocenters. The lowest BCUT2D eigenvalue weighted by molar-refractivity contribution is -0.179. The van der Waals surface area contributed by atoms with E-state index >= 15 is 14.4 Å². The van der Waals surface area contributed by atoms with Crippen molar-refractivity contribution in [2.45, 2.75) is 106 Å². The number of carbonyl (C=O) groups excluding carboxylic acids is 4. The SMILES string of the molecule is COCCOC(=O)N1C(=O)C2(c3cc(C#CC4(O)CCCCCC4)ccc31)C(C(=O)N1CCCCCCC1)C1C(=O)OC(c3ccccc3)C(c3ccccc3)N1C2c1ccc(O)cc1. The monoisotopic (exact) mass is 879 g/mol. The highest BCUT2D eigenvalue weighted by molar-refractivity contribution is 6.23. The number of phenolic OH excluding ortho intramolecular Hbond substituents is 1. The Balaban J connectivity index is 1.34. The van der Waals surface area contributed by atoms with Crippen molar-refractivity contribution in [3.05, 3.63) is 131 Å². The number of benzene rings is 4. The average molecular weight is 880 g/mol. The van der Waals surface area contributed by atoms with E-state index < -0.39 is 59.1 Å². The van der Waals surface area contributed by atoms with Gasteiger partial charge in [-0.3, -0.25) is 19.3 Å². The molecule has 338 valence electrons. The maximum absolute atomic E-state index is 16.4. The van der Waals surface area contributed by atoms with Crippen molar-refractivity contribution in [1.29, 1.82) is 0 Å². The van der Waals surface area contributed by atoms with E-state index in [-0.39, 0.29) is 30.6 Å². The molecule has 0 aromatic heterocycles. The van der Waals surface area contributed by atoms with Gasteiger partial charge in [0.1, 0.15) is 35.5 Å². The molecule has 9 rings (SSSR count). The molecule has 1 saturated carbocycles. The minimum atomic E-state index is -1.97. The Hall–Kier alpha value is -6.00. The minimum absolute atomic E-state index is 0.0130. The summed E-state index contributed by atoms with van der Waals surface area (Å²) in [6.45, 7) is 0.799. The molecule has 4 heterocycles. The van der Waals surface area contributed by atoms with Crippen LogP contribution >= 0.6 is 0 Å². The zero-order chi connectivity index (χ0) is 45.1. The maximum Gasteiger partial charge on any atom is 0.421 e. The standard InChI is InChI=1S/C53H57N3O9/c1-63-33-34-64-51(61)55-42-26-21-36(27-30-52(62)28-13-3-4-14-29-52)35-41(42)53(50(55)60)43(48(58)54-31-15-5-2-6-16-32-54)45-49(59)65-46(38-19-11-8-12-20-38)44(37-17-9-7-10-18-37)56(45)47(53)39-22-24-40(57)25-23-39/h7-12,17-26,35,43-47,57,62H,2-6,13-16,28-29,31-34H2,1H3. The first-order chi connectivity index (χ1) is 31.7. The van der Waals surface area contributed by atoms with Gasteiger partial charge in [0.15, 0.2) is 0 Å². The summed E-state index contributed by atoms with van der Waals surface area (Å²) in [6.07, 6.45) is 7.38. The maximum atomic E-state index is 16.4. The van der Waals surface area contributed by atoms with E-state index in [1.165, 1.54) is 19.2 Å². The van der Waals surface area contributed by atoms with Gasteiger partial charge in [-0.05, 0) is 91.1 Å². The molecule has 4 fully saturated rings. The number of aliphatic hydroxyl groups is 1. The van der Waals surface area contributed by atoms with Crippen LogP contribution in [-0.2, 0) is 34.0 Å². The van der Waals surface area contributed by atoms with Crippen LogP contribution in [0.25, 0.3) is 0 Å². The summed E-state index contributed by atoms with van der Waals surface area (Å²) in [6, 6.07) is 27.6. The van der Waals surface area contributed by atoms with Crippen LogP contribution in [0, 0.1) is 17.8 Å². The molecule has 1 aliphatic carbocycles. The van der Waals surface area contributed by atoms with Crippen LogP contribution in [0.2, 0.25) is 0 Å². The number of methoxy groups -OCH3 is 1. The molecule has 4 aromatic carbocycles. The molecule has 4 aliphatic heterocycles. The number of carbonyl (C=O) groups is 4. The first kappa shape index (κ1) is 44.2. The number of esters is 1. The number of aromatic hydroxyl groups is 1. The topological polar surface area (TPSA) is 146 Å². The third-order valence-corrected chi connectivity index (χ3v) is 14.2. The lowest BCUT2D eigenvalue weighted by Gasteiger charge is -2.46. The number of imide groups is 1. The van der Waals surface area contributed by atoms with Gasteiger partial charge in [0.2, 0.25) is 11.8 Å². The first-order valence-electron chi connectivity index (χ1n) is 23.2. The Bertz CT molecular complexity index is 2430. The molecular formula is C53H57N3O9. The number of morpholine rings is 1.